The van der Waals surface area contributed by atoms with Crippen molar-refractivity contribution in [2.24, 2.45) is 0 Å². The van der Waals surface area contributed by atoms with Crippen molar-refractivity contribution in [3.8, 4) is 0 Å². The third kappa shape index (κ3) is 5.31. The number of benzene rings is 1. The van der Waals surface area contributed by atoms with Crippen molar-refractivity contribution < 1.29 is 14.3 Å². The first kappa shape index (κ1) is 13.4. The molecule has 1 N–H and O–H groups in total. The number of amides is 1. The molecule has 90 valence electrons. The number of carbonyl (C=O) groups is 2. The van der Waals surface area contributed by atoms with E-state index < -0.39 is 5.97 Å². The largest absolute Gasteiger partial charge is 0.452 e. The van der Waals surface area contributed by atoms with Gasteiger partial charge in [0, 0.05) is 17.6 Å². The lowest BCUT2D eigenvalue weighted by Crippen LogP contribution is -2.24. The van der Waals surface area contributed by atoms with Crippen LogP contribution in [0.2, 0.25) is 0 Å². The van der Waals surface area contributed by atoms with E-state index in [-0.39, 0.29) is 12.5 Å². The summed E-state index contributed by atoms with van der Waals surface area (Å²) in [6.45, 7) is -0.264. The van der Waals surface area contributed by atoms with Crippen LogP contribution in [0.15, 0.2) is 34.8 Å². The summed E-state index contributed by atoms with van der Waals surface area (Å²) in [5.41, 5.74) is 0.880. The van der Waals surface area contributed by atoms with Gasteiger partial charge in [-0.3, -0.25) is 4.79 Å². The van der Waals surface area contributed by atoms with Crippen LogP contribution in [0.25, 0.3) is 6.08 Å². The molecule has 0 fully saturated rings. The van der Waals surface area contributed by atoms with Gasteiger partial charge in [0.15, 0.2) is 6.61 Å². The van der Waals surface area contributed by atoms with E-state index in [1.165, 1.54) is 13.1 Å². The predicted molar refractivity (Wildman–Crippen MR) is 68.2 cm³/mol. The Morgan fingerprint density at radius 2 is 2.00 bits per heavy atom. The fourth-order valence-corrected chi connectivity index (χ4v) is 1.26. The van der Waals surface area contributed by atoms with E-state index in [2.05, 4.69) is 21.2 Å². The molecule has 5 heteroatoms. The first-order chi connectivity index (χ1) is 8.11. The lowest BCUT2D eigenvalue weighted by atomic mass is 10.2. The van der Waals surface area contributed by atoms with E-state index in [1.807, 2.05) is 24.3 Å². The highest BCUT2D eigenvalue weighted by molar-refractivity contribution is 9.10. The van der Waals surface area contributed by atoms with Crippen LogP contribution in [0, 0.1) is 0 Å². The fraction of sp³-hybridized carbons (Fsp3) is 0.167. The summed E-state index contributed by atoms with van der Waals surface area (Å²) >= 11 is 3.31. The summed E-state index contributed by atoms with van der Waals surface area (Å²) < 4.78 is 5.66. The predicted octanol–water partition coefficient (Wildman–Crippen LogP) is 1.75. The first-order valence-electron chi connectivity index (χ1n) is 4.93. The molecule has 0 saturated carbocycles. The average Bonchev–Trinajstić information content (AvgIpc) is 2.35. The summed E-state index contributed by atoms with van der Waals surface area (Å²) in [5, 5.41) is 2.35. The van der Waals surface area contributed by atoms with Gasteiger partial charge < -0.3 is 10.1 Å². The van der Waals surface area contributed by atoms with Gasteiger partial charge in [0.1, 0.15) is 0 Å². The molecule has 0 aliphatic carbocycles. The Bertz CT molecular complexity index is 426. The summed E-state index contributed by atoms with van der Waals surface area (Å²) in [7, 11) is 1.48. The summed E-state index contributed by atoms with van der Waals surface area (Å²) in [6, 6.07) is 7.45. The van der Waals surface area contributed by atoms with E-state index >= 15 is 0 Å². The Morgan fingerprint density at radius 1 is 1.35 bits per heavy atom. The zero-order chi connectivity index (χ0) is 12.7. The monoisotopic (exact) mass is 297 g/mol. The van der Waals surface area contributed by atoms with Gasteiger partial charge >= 0.3 is 5.97 Å². The molecule has 1 amide bonds. The van der Waals surface area contributed by atoms with Gasteiger partial charge in [-0.05, 0) is 23.8 Å². The van der Waals surface area contributed by atoms with Crippen molar-refractivity contribution in [3.63, 3.8) is 0 Å². The van der Waals surface area contributed by atoms with Gasteiger partial charge in [0.2, 0.25) is 0 Å². The molecule has 0 radical (unpaired) electrons. The number of esters is 1. The number of hydrogen-bond acceptors (Lipinski definition) is 3. The second-order valence-corrected chi connectivity index (χ2v) is 4.08. The minimum Gasteiger partial charge on any atom is -0.452 e. The Hall–Kier alpha value is -1.62. The number of likely N-dealkylation sites (N-methyl/N-ethyl adjacent to an activating group) is 1. The highest BCUT2D eigenvalue weighted by Gasteiger charge is 2.01. The average molecular weight is 298 g/mol. The van der Waals surface area contributed by atoms with E-state index in [1.54, 1.807) is 6.08 Å². The van der Waals surface area contributed by atoms with Crippen LogP contribution < -0.4 is 5.32 Å². The van der Waals surface area contributed by atoms with Crippen LogP contribution in [-0.2, 0) is 14.3 Å². The maximum Gasteiger partial charge on any atom is 0.331 e. The molecule has 0 spiro atoms. The Kier molecular flexibility index (Phi) is 5.42. The Morgan fingerprint density at radius 3 is 2.59 bits per heavy atom. The second-order valence-electron chi connectivity index (χ2n) is 3.17. The van der Waals surface area contributed by atoms with Crippen LogP contribution in [0.4, 0.5) is 0 Å². The number of ether oxygens (including phenoxy) is 1. The normalized spacial score (nSPS) is 10.2. The quantitative estimate of drug-likeness (QED) is 0.680. The minimum absolute atomic E-state index is 0.264. The Labute approximate surface area is 108 Å². The molecular formula is C12H12BrNO3. The standard InChI is InChI=1S/C12H12BrNO3/c1-14-11(15)8-17-12(16)7-4-9-2-5-10(13)6-3-9/h2-7H,8H2,1H3,(H,14,15)/b7-4+. The molecule has 4 nitrogen and oxygen atoms in total. The van der Waals surface area contributed by atoms with E-state index in [9.17, 15) is 9.59 Å². The Balaban J connectivity index is 2.45. The first-order valence-corrected chi connectivity index (χ1v) is 5.72. The molecular weight excluding hydrogens is 286 g/mol. The number of halogens is 1. The molecule has 1 rings (SSSR count). The van der Waals surface area contributed by atoms with Crippen molar-refractivity contribution in [1.82, 2.24) is 5.32 Å². The van der Waals surface area contributed by atoms with Gasteiger partial charge in [0.05, 0.1) is 0 Å². The highest BCUT2D eigenvalue weighted by atomic mass is 79.9. The van der Waals surface area contributed by atoms with Gasteiger partial charge in [0.25, 0.3) is 5.91 Å². The molecule has 0 saturated heterocycles. The van der Waals surface area contributed by atoms with Gasteiger partial charge in [-0.15, -0.1) is 0 Å². The maximum absolute atomic E-state index is 11.2. The molecule has 0 heterocycles. The van der Waals surface area contributed by atoms with Crippen LogP contribution in [0.3, 0.4) is 0 Å². The fourth-order valence-electron chi connectivity index (χ4n) is 0.995. The number of hydrogen-bond donors (Lipinski definition) is 1. The SMILES string of the molecule is CNC(=O)COC(=O)/C=C/c1ccc(Br)cc1. The molecule has 17 heavy (non-hydrogen) atoms. The molecule has 0 aromatic heterocycles. The summed E-state index contributed by atoms with van der Waals surface area (Å²) in [4.78, 5) is 22.0. The molecule has 1 aromatic rings. The van der Waals surface area contributed by atoms with Crippen LogP contribution in [0.1, 0.15) is 5.56 Å². The molecule has 0 aliphatic rings. The lowest BCUT2D eigenvalue weighted by molar-refractivity contribution is -0.143. The molecule has 0 unspecified atom stereocenters. The van der Waals surface area contributed by atoms with Crippen LogP contribution in [0.5, 0.6) is 0 Å². The molecule has 0 bridgehead atoms. The second kappa shape index (κ2) is 6.85. The van der Waals surface area contributed by atoms with Crippen molar-refractivity contribution in [2.75, 3.05) is 13.7 Å². The van der Waals surface area contributed by atoms with Crippen molar-refractivity contribution in [2.45, 2.75) is 0 Å². The highest BCUT2D eigenvalue weighted by Crippen LogP contribution is 2.11. The minimum atomic E-state index is -0.545. The van der Waals surface area contributed by atoms with Crippen molar-refractivity contribution >= 4 is 33.9 Å². The smallest absolute Gasteiger partial charge is 0.331 e. The number of nitrogens with one attached hydrogen (secondary N) is 1. The zero-order valence-electron chi connectivity index (χ0n) is 9.27. The zero-order valence-corrected chi connectivity index (χ0v) is 10.9. The lowest BCUT2D eigenvalue weighted by Gasteiger charge is -1.99. The molecule has 0 aliphatic heterocycles. The van der Waals surface area contributed by atoms with Crippen molar-refractivity contribution in [3.05, 3.63) is 40.4 Å². The number of rotatable bonds is 4. The maximum atomic E-state index is 11.2. The summed E-state index contributed by atoms with van der Waals surface area (Å²) in [5.74, 6) is -0.882. The van der Waals surface area contributed by atoms with Gasteiger partial charge in [-0.25, -0.2) is 4.79 Å². The third-order valence-electron chi connectivity index (χ3n) is 1.91. The molecule has 1 aromatic carbocycles. The number of carbonyl (C=O) groups excluding carboxylic acids is 2. The van der Waals surface area contributed by atoms with Gasteiger partial charge in [-0.2, -0.15) is 0 Å². The topological polar surface area (TPSA) is 55.4 Å². The van der Waals surface area contributed by atoms with E-state index in [0.29, 0.717) is 0 Å². The van der Waals surface area contributed by atoms with Crippen LogP contribution in [-0.4, -0.2) is 25.5 Å². The summed E-state index contributed by atoms with van der Waals surface area (Å²) in [6.07, 6.45) is 2.91. The van der Waals surface area contributed by atoms with Gasteiger partial charge in [-0.1, -0.05) is 28.1 Å². The van der Waals surface area contributed by atoms with E-state index in [4.69, 9.17) is 4.74 Å². The third-order valence-corrected chi connectivity index (χ3v) is 2.43. The molecule has 0 atom stereocenters. The van der Waals surface area contributed by atoms with E-state index in [0.717, 1.165) is 10.0 Å². The van der Waals surface area contributed by atoms with Crippen LogP contribution >= 0.6 is 15.9 Å². The van der Waals surface area contributed by atoms with Crippen molar-refractivity contribution in [1.29, 1.82) is 0 Å².